The summed E-state index contributed by atoms with van der Waals surface area (Å²) in [5.41, 5.74) is 4.79. The Morgan fingerprint density at radius 2 is 1.96 bits per heavy atom. The van der Waals surface area contributed by atoms with Crippen LogP contribution in [0.25, 0.3) is 0 Å². The Morgan fingerprint density at radius 1 is 1.30 bits per heavy atom. The lowest BCUT2D eigenvalue weighted by molar-refractivity contribution is -0.182. The third-order valence-electron chi connectivity index (χ3n) is 3.78. The summed E-state index contributed by atoms with van der Waals surface area (Å²) in [6.45, 7) is -1.19. The van der Waals surface area contributed by atoms with Crippen molar-refractivity contribution in [2.45, 2.75) is 6.18 Å². The lowest BCUT2D eigenvalue weighted by atomic mass is 9.95. The van der Waals surface area contributed by atoms with Gasteiger partial charge in [0.2, 0.25) is 5.91 Å². The van der Waals surface area contributed by atoms with Gasteiger partial charge in [-0.1, -0.05) is 0 Å². The van der Waals surface area contributed by atoms with Crippen molar-refractivity contribution >= 4 is 11.8 Å². The summed E-state index contributed by atoms with van der Waals surface area (Å²) in [5.74, 6) is -6.25. The Kier molecular flexibility index (Phi) is 4.49. The van der Waals surface area contributed by atoms with Crippen LogP contribution in [0.3, 0.4) is 0 Å². The van der Waals surface area contributed by atoms with Crippen LogP contribution in [0.5, 0.6) is 5.75 Å². The molecule has 0 radical (unpaired) electrons. The predicted molar refractivity (Wildman–Crippen MR) is 71.1 cm³/mol. The Hall–Kier alpha value is -2.32. The molecule has 1 heterocycles. The molecule has 0 aliphatic carbocycles. The molecule has 1 aliphatic rings. The van der Waals surface area contributed by atoms with E-state index in [-0.39, 0.29) is 11.3 Å². The van der Waals surface area contributed by atoms with Gasteiger partial charge in [-0.2, -0.15) is 13.2 Å². The number of amides is 2. The smallest absolute Gasteiger partial charge is 0.394 e. The van der Waals surface area contributed by atoms with E-state index in [0.29, 0.717) is 0 Å². The molecule has 5 nitrogen and oxygen atoms in total. The minimum Gasteiger partial charge on any atom is -0.496 e. The van der Waals surface area contributed by atoms with E-state index >= 15 is 0 Å². The highest BCUT2D eigenvalue weighted by atomic mass is 19.4. The van der Waals surface area contributed by atoms with Crippen molar-refractivity contribution in [2.75, 3.05) is 20.2 Å². The van der Waals surface area contributed by atoms with Gasteiger partial charge in [-0.15, -0.1) is 0 Å². The molecule has 0 unspecified atom stereocenters. The number of alkyl halides is 3. The Labute approximate surface area is 129 Å². The zero-order valence-electron chi connectivity index (χ0n) is 12.1. The highest BCUT2D eigenvalue weighted by Gasteiger charge is 2.53. The fraction of sp³-hybridized carbons (Fsp3) is 0.429. The van der Waals surface area contributed by atoms with E-state index in [1.54, 1.807) is 0 Å². The molecule has 9 heteroatoms. The average molecular weight is 334 g/mol. The lowest BCUT2D eigenvalue weighted by Crippen LogP contribution is -2.37. The molecule has 126 valence electrons. The molecule has 1 fully saturated rings. The van der Waals surface area contributed by atoms with Crippen molar-refractivity contribution in [3.63, 3.8) is 0 Å². The number of nitrogens with zero attached hydrogens (tertiary/aromatic N) is 1. The monoisotopic (exact) mass is 334 g/mol. The van der Waals surface area contributed by atoms with Gasteiger partial charge in [0.1, 0.15) is 11.6 Å². The summed E-state index contributed by atoms with van der Waals surface area (Å²) < 4.78 is 57.2. The zero-order chi connectivity index (χ0) is 17.4. The summed E-state index contributed by atoms with van der Waals surface area (Å²) in [6.07, 6.45) is -4.67. The van der Waals surface area contributed by atoms with E-state index in [1.165, 1.54) is 13.2 Å². The van der Waals surface area contributed by atoms with Gasteiger partial charge in [0, 0.05) is 13.1 Å². The molecule has 1 aromatic carbocycles. The SMILES string of the molecule is COc1ccc(F)cc1C(=O)N1C[C@@H](C(F)(F)F)[C@H](C(N)=O)C1. The molecule has 2 amide bonds. The van der Waals surface area contributed by atoms with Gasteiger partial charge in [0.05, 0.1) is 24.5 Å². The highest BCUT2D eigenvalue weighted by molar-refractivity contribution is 5.97. The Bertz CT molecular complexity index is 633. The molecule has 1 saturated heterocycles. The van der Waals surface area contributed by atoms with Gasteiger partial charge >= 0.3 is 6.18 Å². The maximum atomic E-state index is 13.3. The van der Waals surface area contributed by atoms with Crippen molar-refractivity contribution < 1.29 is 31.9 Å². The molecule has 0 spiro atoms. The minimum atomic E-state index is -4.67. The first-order chi connectivity index (χ1) is 10.6. The quantitative estimate of drug-likeness (QED) is 0.853. The van der Waals surface area contributed by atoms with Crippen LogP contribution in [0.2, 0.25) is 0 Å². The fourth-order valence-electron chi connectivity index (χ4n) is 2.61. The summed E-state index contributed by atoms with van der Waals surface area (Å²) in [7, 11) is 1.25. The average Bonchev–Trinajstić information content (AvgIpc) is 2.92. The number of hydrogen-bond acceptors (Lipinski definition) is 3. The first-order valence-electron chi connectivity index (χ1n) is 6.64. The molecule has 2 N–H and O–H groups in total. The lowest BCUT2D eigenvalue weighted by Gasteiger charge is -2.19. The third-order valence-corrected chi connectivity index (χ3v) is 3.78. The van der Waals surface area contributed by atoms with Crippen LogP contribution in [0.4, 0.5) is 17.6 Å². The van der Waals surface area contributed by atoms with E-state index in [1.807, 2.05) is 0 Å². The Morgan fingerprint density at radius 3 is 2.43 bits per heavy atom. The summed E-state index contributed by atoms with van der Waals surface area (Å²) in [4.78, 5) is 24.5. The van der Waals surface area contributed by atoms with Gasteiger partial charge in [0.15, 0.2) is 0 Å². The van der Waals surface area contributed by atoms with E-state index in [0.717, 1.165) is 17.0 Å². The topological polar surface area (TPSA) is 72.6 Å². The van der Waals surface area contributed by atoms with E-state index in [2.05, 4.69) is 0 Å². The van der Waals surface area contributed by atoms with Crippen molar-refractivity contribution in [1.29, 1.82) is 0 Å². The number of rotatable bonds is 3. The maximum Gasteiger partial charge on any atom is 0.394 e. The number of likely N-dealkylation sites (tertiary alicyclic amines) is 1. The molecular formula is C14H14F4N2O3. The molecular weight excluding hydrogens is 320 g/mol. The zero-order valence-corrected chi connectivity index (χ0v) is 12.1. The molecule has 2 rings (SSSR count). The van der Waals surface area contributed by atoms with Gasteiger partial charge < -0.3 is 15.4 Å². The van der Waals surface area contributed by atoms with Gasteiger partial charge in [-0.05, 0) is 18.2 Å². The number of primary amides is 1. The molecule has 0 saturated carbocycles. The van der Waals surface area contributed by atoms with Crippen LogP contribution >= 0.6 is 0 Å². The van der Waals surface area contributed by atoms with Gasteiger partial charge in [-0.3, -0.25) is 9.59 Å². The van der Waals surface area contributed by atoms with Crippen LogP contribution < -0.4 is 10.5 Å². The number of hydrogen-bond donors (Lipinski definition) is 1. The van der Waals surface area contributed by atoms with Crippen molar-refractivity contribution in [2.24, 2.45) is 17.6 Å². The fourth-order valence-corrected chi connectivity index (χ4v) is 2.61. The predicted octanol–water partition coefficient (Wildman–Crippen LogP) is 1.57. The maximum absolute atomic E-state index is 13.3. The van der Waals surface area contributed by atoms with Crippen LogP contribution in [-0.4, -0.2) is 43.1 Å². The molecule has 0 bridgehead atoms. The minimum absolute atomic E-state index is 0.0301. The Balaban J connectivity index is 2.31. The van der Waals surface area contributed by atoms with Gasteiger partial charge in [0.25, 0.3) is 5.91 Å². The van der Waals surface area contributed by atoms with Crippen LogP contribution in [0.15, 0.2) is 18.2 Å². The molecule has 2 atom stereocenters. The summed E-state index contributed by atoms with van der Waals surface area (Å²) in [6, 6.07) is 3.14. The van der Waals surface area contributed by atoms with Crippen LogP contribution in [-0.2, 0) is 4.79 Å². The van der Waals surface area contributed by atoms with E-state index < -0.39 is 48.7 Å². The summed E-state index contributed by atoms with van der Waals surface area (Å²) >= 11 is 0. The first-order valence-corrected chi connectivity index (χ1v) is 6.64. The number of methoxy groups -OCH3 is 1. The third kappa shape index (κ3) is 3.38. The standard InChI is InChI=1S/C14H14F4N2O3/c1-23-11-3-2-7(15)4-8(11)13(22)20-5-9(12(19)21)10(6-20)14(16,17)18/h2-4,9-10H,5-6H2,1H3,(H2,19,21)/t9-,10-/m1/s1. The van der Waals surface area contributed by atoms with Crippen LogP contribution in [0.1, 0.15) is 10.4 Å². The number of benzene rings is 1. The largest absolute Gasteiger partial charge is 0.496 e. The number of carbonyl (C=O) groups is 2. The number of carbonyl (C=O) groups excluding carboxylic acids is 2. The molecule has 1 aliphatic heterocycles. The second-order valence-electron chi connectivity index (χ2n) is 5.21. The second kappa shape index (κ2) is 6.05. The normalized spacial score (nSPS) is 21.3. The number of ether oxygens (including phenoxy) is 1. The number of halogens is 4. The highest BCUT2D eigenvalue weighted by Crippen LogP contribution is 2.38. The molecule has 1 aromatic rings. The van der Waals surface area contributed by atoms with Crippen molar-refractivity contribution in [1.82, 2.24) is 4.90 Å². The van der Waals surface area contributed by atoms with E-state index in [4.69, 9.17) is 10.5 Å². The van der Waals surface area contributed by atoms with Crippen LogP contribution in [0, 0.1) is 17.7 Å². The molecule has 0 aromatic heterocycles. The first kappa shape index (κ1) is 17.0. The van der Waals surface area contributed by atoms with Crippen molar-refractivity contribution in [3.05, 3.63) is 29.6 Å². The van der Waals surface area contributed by atoms with Gasteiger partial charge in [-0.25, -0.2) is 4.39 Å². The van der Waals surface area contributed by atoms with Crippen molar-refractivity contribution in [3.8, 4) is 5.75 Å². The molecule has 23 heavy (non-hydrogen) atoms. The van der Waals surface area contributed by atoms with E-state index in [9.17, 15) is 27.2 Å². The number of nitrogens with two attached hydrogens (primary N) is 1. The summed E-state index contributed by atoms with van der Waals surface area (Å²) in [5, 5.41) is 0. The second-order valence-corrected chi connectivity index (χ2v) is 5.21.